The standard InChI is InChI=1S/C21H20F3N5OS/c1-13(2)12-31-17-6-7-25-11-16(17)28-20(30)14-5-8-26-19(9-14)29-18-4-3-15(10-27-18)21(22,23)24/h3-11,13H,12H2,1-2H3,(H,28,30)(H,26,27,29). The Morgan fingerprint density at radius 1 is 1.06 bits per heavy atom. The molecule has 31 heavy (non-hydrogen) atoms. The van der Waals surface area contributed by atoms with E-state index in [1.165, 1.54) is 24.4 Å². The fraction of sp³-hybridized carbons (Fsp3) is 0.238. The first-order valence-electron chi connectivity index (χ1n) is 9.37. The molecule has 0 saturated carbocycles. The van der Waals surface area contributed by atoms with E-state index in [2.05, 4.69) is 39.4 Å². The number of rotatable bonds is 7. The molecule has 1 amide bonds. The molecule has 3 aromatic rings. The molecule has 0 bridgehead atoms. The summed E-state index contributed by atoms with van der Waals surface area (Å²) >= 11 is 1.63. The number of hydrogen-bond acceptors (Lipinski definition) is 6. The van der Waals surface area contributed by atoms with Gasteiger partial charge in [0.2, 0.25) is 0 Å². The number of carbonyl (C=O) groups excluding carboxylic acids is 1. The van der Waals surface area contributed by atoms with Gasteiger partial charge in [0.1, 0.15) is 11.6 Å². The van der Waals surface area contributed by atoms with Crippen LogP contribution in [0.2, 0.25) is 0 Å². The molecule has 0 aromatic carbocycles. The lowest BCUT2D eigenvalue weighted by Crippen LogP contribution is -2.13. The summed E-state index contributed by atoms with van der Waals surface area (Å²) in [6, 6.07) is 7.00. The van der Waals surface area contributed by atoms with Crippen LogP contribution in [-0.4, -0.2) is 26.6 Å². The predicted octanol–water partition coefficient (Wildman–Crippen LogP) is 5.63. The highest BCUT2D eigenvalue weighted by Crippen LogP contribution is 2.30. The number of nitrogens with zero attached hydrogens (tertiary/aromatic N) is 3. The third-order valence-corrected chi connectivity index (χ3v) is 5.47. The Morgan fingerprint density at radius 3 is 2.55 bits per heavy atom. The highest BCUT2D eigenvalue weighted by Gasteiger charge is 2.30. The van der Waals surface area contributed by atoms with Crippen molar-refractivity contribution in [2.75, 3.05) is 16.4 Å². The minimum atomic E-state index is -4.46. The maximum atomic E-state index is 12.7. The molecule has 10 heteroatoms. The fourth-order valence-electron chi connectivity index (χ4n) is 2.46. The number of amides is 1. The Hall–Kier alpha value is -3.14. The molecule has 3 rings (SSSR count). The number of halogens is 3. The van der Waals surface area contributed by atoms with Crippen molar-refractivity contribution in [3.05, 3.63) is 66.2 Å². The number of hydrogen-bond donors (Lipinski definition) is 2. The Labute approximate surface area is 181 Å². The van der Waals surface area contributed by atoms with Crippen LogP contribution in [0.1, 0.15) is 29.8 Å². The van der Waals surface area contributed by atoms with E-state index in [4.69, 9.17) is 0 Å². The smallest absolute Gasteiger partial charge is 0.325 e. The lowest BCUT2D eigenvalue weighted by Gasteiger charge is -2.12. The molecule has 0 atom stereocenters. The Kier molecular flexibility index (Phi) is 7.11. The van der Waals surface area contributed by atoms with Gasteiger partial charge in [0.25, 0.3) is 5.91 Å². The van der Waals surface area contributed by atoms with Gasteiger partial charge in [0.15, 0.2) is 0 Å². The lowest BCUT2D eigenvalue weighted by molar-refractivity contribution is -0.137. The van der Waals surface area contributed by atoms with Gasteiger partial charge in [-0.05, 0) is 36.2 Å². The summed E-state index contributed by atoms with van der Waals surface area (Å²) in [4.78, 5) is 25.5. The van der Waals surface area contributed by atoms with Crippen LogP contribution in [0.3, 0.4) is 0 Å². The van der Waals surface area contributed by atoms with E-state index in [1.54, 1.807) is 24.2 Å². The molecule has 2 N–H and O–H groups in total. The Balaban J connectivity index is 1.71. The fourth-order valence-corrected chi connectivity index (χ4v) is 3.39. The summed E-state index contributed by atoms with van der Waals surface area (Å²) in [7, 11) is 0. The van der Waals surface area contributed by atoms with E-state index in [0.717, 1.165) is 22.9 Å². The minimum Gasteiger partial charge on any atom is -0.325 e. The zero-order chi connectivity index (χ0) is 22.4. The van der Waals surface area contributed by atoms with Crippen molar-refractivity contribution in [1.29, 1.82) is 0 Å². The molecule has 0 radical (unpaired) electrons. The molecule has 0 spiro atoms. The van der Waals surface area contributed by atoms with Crippen LogP contribution in [0.4, 0.5) is 30.5 Å². The van der Waals surface area contributed by atoms with Gasteiger partial charge in [-0.15, -0.1) is 11.8 Å². The average Bonchev–Trinajstić information content (AvgIpc) is 2.73. The number of alkyl halides is 3. The molecule has 0 saturated heterocycles. The number of nitrogens with one attached hydrogen (secondary N) is 2. The Bertz CT molecular complexity index is 1040. The predicted molar refractivity (Wildman–Crippen MR) is 115 cm³/mol. The maximum absolute atomic E-state index is 12.7. The number of anilines is 3. The van der Waals surface area contributed by atoms with Crippen LogP contribution < -0.4 is 10.6 Å². The highest BCUT2D eigenvalue weighted by molar-refractivity contribution is 7.99. The van der Waals surface area contributed by atoms with Crippen molar-refractivity contribution in [2.24, 2.45) is 5.92 Å². The monoisotopic (exact) mass is 447 g/mol. The van der Waals surface area contributed by atoms with Gasteiger partial charge in [0.05, 0.1) is 17.4 Å². The van der Waals surface area contributed by atoms with Crippen LogP contribution in [0.25, 0.3) is 0 Å². The Morgan fingerprint density at radius 2 is 1.87 bits per heavy atom. The van der Waals surface area contributed by atoms with E-state index >= 15 is 0 Å². The van der Waals surface area contributed by atoms with Gasteiger partial charge >= 0.3 is 6.18 Å². The van der Waals surface area contributed by atoms with Crippen molar-refractivity contribution < 1.29 is 18.0 Å². The van der Waals surface area contributed by atoms with Gasteiger partial charge in [0, 0.05) is 34.8 Å². The number of aromatic nitrogens is 3. The van der Waals surface area contributed by atoms with Crippen LogP contribution in [0.15, 0.2) is 60.0 Å². The van der Waals surface area contributed by atoms with E-state index in [0.29, 0.717) is 17.2 Å². The molecule has 0 unspecified atom stereocenters. The summed E-state index contributed by atoms with van der Waals surface area (Å²) in [5.74, 6) is 1.49. The summed E-state index contributed by atoms with van der Waals surface area (Å²) in [6.45, 7) is 4.23. The molecule has 0 aliphatic carbocycles. The maximum Gasteiger partial charge on any atom is 0.417 e. The van der Waals surface area contributed by atoms with E-state index in [9.17, 15) is 18.0 Å². The van der Waals surface area contributed by atoms with E-state index < -0.39 is 11.7 Å². The third-order valence-electron chi connectivity index (χ3n) is 3.97. The number of pyridine rings is 3. The van der Waals surface area contributed by atoms with Gasteiger partial charge in [-0.2, -0.15) is 13.2 Å². The van der Waals surface area contributed by atoms with Crippen LogP contribution in [0, 0.1) is 5.92 Å². The molecule has 162 valence electrons. The normalized spacial score (nSPS) is 11.4. The zero-order valence-electron chi connectivity index (χ0n) is 16.8. The molecular formula is C21H20F3N5OS. The third kappa shape index (κ3) is 6.42. The van der Waals surface area contributed by atoms with Crippen molar-refractivity contribution in [3.8, 4) is 0 Å². The van der Waals surface area contributed by atoms with E-state index in [-0.39, 0.29) is 17.5 Å². The number of carbonyl (C=O) groups is 1. The first-order chi connectivity index (χ1) is 14.7. The second kappa shape index (κ2) is 9.78. The van der Waals surface area contributed by atoms with Crippen molar-refractivity contribution in [1.82, 2.24) is 15.0 Å². The van der Waals surface area contributed by atoms with Crippen molar-refractivity contribution in [2.45, 2.75) is 24.9 Å². The first kappa shape index (κ1) is 22.5. The van der Waals surface area contributed by atoms with Crippen LogP contribution >= 0.6 is 11.8 Å². The lowest BCUT2D eigenvalue weighted by atomic mass is 10.2. The summed E-state index contributed by atoms with van der Waals surface area (Å²) < 4.78 is 38.0. The first-order valence-corrected chi connectivity index (χ1v) is 10.4. The summed E-state index contributed by atoms with van der Waals surface area (Å²) in [5.41, 5.74) is 0.0868. The SMILES string of the molecule is CC(C)CSc1ccncc1NC(=O)c1ccnc(Nc2ccc(C(F)(F)F)cn2)c1. The van der Waals surface area contributed by atoms with Crippen molar-refractivity contribution in [3.63, 3.8) is 0 Å². The zero-order valence-corrected chi connectivity index (χ0v) is 17.6. The molecule has 0 aliphatic heterocycles. The largest absolute Gasteiger partial charge is 0.417 e. The molecule has 3 heterocycles. The van der Waals surface area contributed by atoms with E-state index in [1.807, 2.05) is 6.07 Å². The number of thioether (sulfide) groups is 1. The van der Waals surface area contributed by atoms with Gasteiger partial charge in [-0.25, -0.2) is 9.97 Å². The second-order valence-corrected chi connectivity index (χ2v) is 8.08. The molecule has 0 aliphatic rings. The molecule has 3 aromatic heterocycles. The molecular weight excluding hydrogens is 427 g/mol. The summed E-state index contributed by atoms with van der Waals surface area (Å²) in [5, 5.41) is 5.65. The van der Waals surface area contributed by atoms with Crippen LogP contribution in [0.5, 0.6) is 0 Å². The molecule has 6 nitrogen and oxygen atoms in total. The minimum absolute atomic E-state index is 0.178. The van der Waals surface area contributed by atoms with Crippen LogP contribution in [-0.2, 0) is 6.18 Å². The molecule has 0 fully saturated rings. The van der Waals surface area contributed by atoms with Gasteiger partial charge in [-0.1, -0.05) is 13.8 Å². The summed E-state index contributed by atoms with van der Waals surface area (Å²) in [6.07, 6.45) is 0.966. The quantitative estimate of drug-likeness (QED) is 0.457. The highest BCUT2D eigenvalue weighted by atomic mass is 32.2. The average molecular weight is 447 g/mol. The van der Waals surface area contributed by atoms with Gasteiger partial charge in [-0.3, -0.25) is 9.78 Å². The topological polar surface area (TPSA) is 79.8 Å². The second-order valence-electron chi connectivity index (χ2n) is 7.02. The van der Waals surface area contributed by atoms with Gasteiger partial charge < -0.3 is 10.6 Å². The van der Waals surface area contributed by atoms with Crippen molar-refractivity contribution >= 4 is 35.0 Å².